The van der Waals surface area contributed by atoms with Crippen molar-refractivity contribution in [3.63, 3.8) is 0 Å². The van der Waals surface area contributed by atoms with Gasteiger partial charge in [0.15, 0.2) is 5.76 Å². The number of furan rings is 1. The van der Waals surface area contributed by atoms with Crippen molar-refractivity contribution in [3.05, 3.63) is 106 Å². The molecule has 0 aliphatic carbocycles. The first-order chi connectivity index (χ1) is 18.1. The summed E-state index contributed by atoms with van der Waals surface area (Å²) < 4.78 is 61.0. The molecule has 0 spiro atoms. The first-order valence-corrected chi connectivity index (χ1v) is 15.0. The fourth-order valence-electron chi connectivity index (χ4n) is 4.25. The van der Waals surface area contributed by atoms with E-state index in [-0.39, 0.29) is 27.1 Å². The van der Waals surface area contributed by atoms with Gasteiger partial charge in [0.2, 0.25) is 0 Å². The van der Waals surface area contributed by atoms with Crippen molar-refractivity contribution in [2.24, 2.45) is 0 Å². The van der Waals surface area contributed by atoms with Gasteiger partial charge in [-0.3, -0.25) is 4.79 Å². The van der Waals surface area contributed by atoms with Crippen LogP contribution in [0.1, 0.15) is 22.5 Å². The Hall–Kier alpha value is -3.31. The number of rotatable bonds is 6. The fraction of sp³-hybridized carbons (Fsp3) is 0.115. The van der Waals surface area contributed by atoms with Crippen LogP contribution >= 0.6 is 23.2 Å². The summed E-state index contributed by atoms with van der Waals surface area (Å²) in [6.45, 7) is 0.432. The largest absolute Gasteiger partial charge is 0.459 e. The Kier molecular flexibility index (Phi) is 6.99. The molecule has 0 atom stereocenters. The van der Waals surface area contributed by atoms with Crippen molar-refractivity contribution in [1.29, 1.82) is 0 Å². The van der Waals surface area contributed by atoms with Crippen LogP contribution in [0.2, 0.25) is 10.0 Å². The molecule has 1 aliphatic heterocycles. The molecule has 12 heteroatoms. The van der Waals surface area contributed by atoms with Gasteiger partial charge in [-0.05, 0) is 97.3 Å². The topological polar surface area (TPSA) is 105 Å². The van der Waals surface area contributed by atoms with Gasteiger partial charge >= 0.3 is 0 Å². The minimum atomic E-state index is -4.62. The van der Waals surface area contributed by atoms with Crippen LogP contribution in [0.15, 0.2) is 99.3 Å². The van der Waals surface area contributed by atoms with E-state index in [0.717, 1.165) is 0 Å². The minimum absolute atomic E-state index is 0.0963. The van der Waals surface area contributed by atoms with Crippen LogP contribution in [0.3, 0.4) is 0 Å². The number of nitrogens with zero attached hydrogens (tertiary/aromatic N) is 2. The fourth-order valence-corrected chi connectivity index (χ4v) is 8.18. The normalized spacial score (nSPS) is 13.7. The maximum absolute atomic E-state index is 13.8. The Labute approximate surface area is 230 Å². The molecular weight excluding hydrogens is 571 g/mol. The number of aryl methyl sites for hydroxylation is 1. The van der Waals surface area contributed by atoms with Crippen LogP contribution in [-0.2, 0) is 26.5 Å². The van der Waals surface area contributed by atoms with Crippen molar-refractivity contribution in [3.8, 4) is 0 Å². The summed E-state index contributed by atoms with van der Waals surface area (Å²) >= 11 is 11.9. The predicted molar refractivity (Wildman–Crippen MR) is 145 cm³/mol. The van der Waals surface area contributed by atoms with E-state index in [1.807, 2.05) is 0 Å². The number of amides is 1. The van der Waals surface area contributed by atoms with Gasteiger partial charge < -0.3 is 9.32 Å². The van der Waals surface area contributed by atoms with Crippen molar-refractivity contribution < 1.29 is 26.0 Å². The van der Waals surface area contributed by atoms with Gasteiger partial charge in [0.05, 0.1) is 21.7 Å². The van der Waals surface area contributed by atoms with Crippen LogP contribution < -0.4 is 8.61 Å². The van der Waals surface area contributed by atoms with Gasteiger partial charge in [0.25, 0.3) is 26.0 Å². The lowest BCUT2D eigenvalue weighted by Gasteiger charge is -2.31. The highest BCUT2D eigenvalue weighted by molar-refractivity contribution is 8.10. The zero-order valence-electron chi connectivity index (χ0n) is 19.6. The van der Waals surface area contributed by atoms with E-state index in [2.05, 4.69) is 0 Å². The maximum atomic E-state index is 13.8. The molecule has 1 aromatic heterocycles. The molecule has 0 fully saturated rings. The van der Waals surface area contributed by atoms with E-state index in [1.54, 1.807) is 18.2 Å². The second kappa shape index (κ2) is 10.1. The number of benzene rings is 3. The quantitative estimate of drug-likeness (QED) is 0.282. The average molecular weight is 591 g/mol. The predicted octanol–water partition coefficient (Wildman–Crippen LogP) is 5.76. The standard InChI is InChI=1S/C26H20Cl2N2O6S2/c27-19-5-10-22(11-6-19)37(32,33)30(38(34,35)23-12-7-20(28)8-13-23)21-9-14-24-18(17-21)3-1-15-29(24)26(31)25-4-2-16-36-25/h2,4-14,16-17H,1,3,15H2. The lowest BCUT2D eigenvalue weighted by Crippen LogP contribution is -2.38. The van der Waals surface area contributed by atoms with E-state index in [0.29, 0.717) is 44.4 Å². The molecule has 1 amide bonds. The average Bonchev–Trinajstić information content (AvgIpc) is 3.43. The lowest BCUT2D eigenvalue weighted by atomic mass is 10.0. The van der Waals surface area contributed by atoms with Gasteiger partial charge in [-0.1, -0.05) is 23.2 Å². The van der Waals surface area contributed by atoms with Gasteiger partial charge in [0.1, 0.15) is 0 Å². The zero-order valence-corrected chi connectivity index (χ0v) is 22.8. The monoisotopic (exact) mass is 590 g/mol. The number of carbonyl (C=O) groups excluding carboxylic acids is 1. The van der Waals surface area contributed by atoms with Gasteiger partial charge in [-0.15, -0.1) is 0 Å². The van der Waals surface area contributed by atoms with E-state index >= 15 is 0 Å². The summed E-state index contributed by atoms with van der Waals surface area (Å²) in [6.07, 6.45) is 2.51. The van der Waals surface area contributed by atoms with Crippen LogP contribution in [-0.4, -0.2) is 29.3 Å². The first-order valence-electron chi connectivity index (χ1n) is 11.4. The number of halogens is 2. The molecule has 38 heavy (non-hydrogen) atoms. The number of anilines is 2. The molecule has 0 unspecified atom stereocenters. The molecule has 0 saturated carbocycles. The third kappa shape index (κ3) is 4.80. The Bertz CT molecular complexity index is 1630. The van der Waals surface area contributed by atoms with Crippen molar-refractivity contribution >= 4 is 60.5 Å². The Morgan fingerprint density at radius 2 is 1.39 bits per heavy atom. The molecule has 3 aromatic carbocycles. The summed E-state index contributed by atoms with van der Waals surface area (Å²) in [5, 5.41) is 0.595. The van der Waals surface area contributed by atoms with Gasteiger partial charge in [-0.25, -0.2) is 16.8 Å². The Balaban J connectivity index is 1.65. The first kappa shape index (κ1) is 26.3. The third-order valence-corrected chi connectivity index (χ3v) is 10.7. The van der Waals surface area contributed by atoms with E-state index in [1.165, 1.54) is 71.8 Å². The second-order valence-corrected chi connectivity index (χ2v) is 13.1. The third-order valence-electron chi connectivity index (χ3n) is 6.03. The summed E-state index contributed by atoms with van der Waals surface area (Å²) in [6, 6.07) is 18.0. The summed E-state index contributed by atoms with van der Waals surface area (Å²) in [5.74, 6) is -0.178. The van der Waals surface area contributed by atoms with Crippen LogP contribution in [0.4, 0.5) is 11.4 Å². The number of hydrogen-bond acceptors (Lipinski definition) is 6. The number of fused-ring (bicyclic) bond motifs is 1. The minimum Gasteiger partial charge on any atom is -0.459 e. The zero-order chi connectivity index (χ0) is 27.1. The molecular formula is C26H20Cl2N2O6S2. The highest BCUT2D eigenvalue weighted by atomic mass is 35.5. The van der Waals surface area contributed by atoms with Crippen LogP contribution in [0, 0.1) is 0 Å². The molecule has 0 saturated heterocycles. The molecule has 5 rings (SSSR count). The lowest BCUT2D eigenvalue weighted by molar-refractivity contribution is 0.0958. The van der Waals surface area contributed by atoms with E-state index in [4.69, 9.17) is 27.6 Å². The summed E-state index contributed by atoms with van der Waals surface area (Å²) in [4.78, 5) is 14.0. The second-order valence-electron chi connectivity index (χ2n) is 8.47. The van der Waals surface area contributed by atoms with Crippen LogP contribution in [0.25, 0.3) is 0 Å². The highest BCUT2D eigenvalue weighted by Gasteiger charge is 2.38. The van der Waals surface area contributed by atoms with Crippen molar-refractivity contribution in [2.75, 3.05) is 15.2 Å². The molecule has 0 radical (unpaired) electrons. The number of carbonyl (C=O) groups is 1. The summed E-state index contributed by atoms with van der Waals surface area (Å²) in [7, 11) is -9.24. The van der Waals surface area contributed by atoms with Crippen molar-refractivity contribution in [2.45, 2.75) is 22.6 Å². The van der Waals surface area contributed by atoms with Gasteiger partial charge in [-0.2, -0.15) is 3.71 Å². The van der Waals surface area contributed by atoms with Crippen molar-refractivity contribution in [1.82, 2.24) is 0 Å². The Morgan fingerprint density at radius 3 is 1.92 bits per heavy atom. The smallest absolute Gasteiger partial charge is 0.293 e. The number of hydrogen-bond donors (Lipinski definition) is 0. The highest BCUT2D eigenvalue weighted by Crippen LogP contribution is 2.37. The summed E-state index contributed by atoms with van der Waals surface area (Å²) in [5.41, 5.74) is 1.08. The van der Waals surface area contributed by atoms with Crippen LogP contribution in [0.5, 0.6) is 0 Å². The SMILES string of the molecule is O=C(c1ccco1)N1CCCc2cc(N(S(=O)(=O)c3ccc(Cl)cc3)S(=O)(=O)c3ccc(Cl)cc3)ccc21. The maximum Gasteiger partial charge on any atom is 0.293 e. The molecule has 1 aliphatic rings. The molecule has 2 heterocycles. The molecule has 4 aromatic rings. The Morgan fingerprint density at radius 1 is 0.816 bits per heavy atom. The molecule has 0 bridgehead atoms. The molecule has 0 N–H and O–H groups in total. The number of sulfonamides is 2. The van der Waals surface area contributed by atoms with E-state index in [9.17, 15) is 21.6 Å². The van der Waals surface area contributed by atoms with Gasteiger partial charge in [0, 0.05) is 22.3 Å². The molecule has 196 valence electrons. The molecule has 8 nitrogen and oxygen atoms in total. The van der Waals surface area contributed by atoms with E-state index < -0.39 is 20.0 Å².